The maximum absolute atomic E-state index is 12.3. The number of nitrogens with zero attached hydrogens (tertiary/aromatic N) is 2. The third-order valence-corrected chi connectivity index (χ3v) is 7.41. The maximum Gasteiger partial charge on any atom is 0.320 e. The first kappa shape index (κ1) is 23.3. The summed E-state index contributed by atoms with van der Waals surface area (Å²) >= 11 is 0. The van der Waals surface area contributed by atoms with Gasteiger partial charge < -0.3 is 24.7 Å². The molecule has 9 heteroatoms. The standard InChI is InChI=1S/C24H33N5O3Si/c1-31-21-8-6-5-7-18(21)20-15-29(16-32-11-12-33(2,3)4)23-19(20)9-10-22(27-23)28-24(30)26-17-13-25-14-17/h5-10,15,17,25H,11-14,16H2,1-4H3,(H2,26,27,28,30). The number of nitrogens with one attached hydrogen (secondary N) is 3. The average Bonchev–Trinajstić information content (AvgIpc) is 3.11. The van der Waals surface area contributed by atoms with E-state index in [2.05, 4.69) is 35.6 Å². The second-order valence-corrected chi connectivity index (χ2v) is 15.2. The van der Waals surface area contributed by atoms with Crippen molar-refractivity contribution in [1.82, 2.24) is 20.2 Å². The van der Waals surface area contributed by atoms with Crippen LogP contribution in [0.4, 0.5) is 10.6 Å². The Bertz CT molecular complexity index is 1120. The molecule has 1 fully saturated rings. The van der Waals surface area contributed by atoms with Crippen LogP contribution in [0.5, 0.6) is 5.75 Å². The van der Waals surface area contributed by atoms with Crippen LogP contribution in [0.2, 0.25) is 25.7 Å². The molecule has 1 saturated heterocycles. The third-order valence-electron chi connectivity index (χ3n) is 5.70. The summed E-state index contributed by atoms with van der Waals surface area (Å²) < 4.78 is 13.6. The van der Waals surface area contributed by atoms with Gasteiger partial charge in [-0.05, 0) is 24.2 Å². The molecule has 0 aliphatic carbocycles. The summed E-state index contributed by atoms with van der Waals surface area (Å²) in [6, 6.07) is 12.8. The number of pyridine rings is 1. The lowest BCUT2D eigenvalue weighted by Gasteiger charge is -2.27. The highest BCUT2D eigenvalue weighted by molar-refractivity contribution is 6.76. The van der Waals surface area contributed by atoms with E-state index in [1.165, 1.54) is 0 Å². The van der Waals surface area contributed by atoms with Crippen LogP contribution >= 0.6 is 0 Å². The van der Waals surface area contributed by atoms with E-state index >= 15 is 0 Å². The van der Waals surface area contributed by atoms with Gasteiger partial charge in [0.05, 0.1) is 13.2 Å². The fraction of sp³-hybridized carbons (Fsp3) is 0.417. The zero-order valence-corrected chi connectivity index (χ0v) is 20.8. The Labute approximate surface area is 195 Å². The summed E-state index contributed by atoms with van der Waals surface area (Å²) in [7, 11) is 0.501. The van der Waals surface area contributed by atoms with E-state index in [-0.39, 0.29) is 12.1 Å². The average molecular weight is 468 g/mol. The minimum atomic E-state index is -1.17. The van der Waals surface area contributed by atoms with Gasteiger partial charge in [0.15, 0.2) is 0 Å². The lowest BCUT2D eigenvalue weighted by atomic mass is 10.0. The van der Waals surface area contributed by atoms with Gasteiger partial charge in [0.1, 0.15) is 23.9 Å². The monoisotopic (exact) mass is 467 g/mol. The molecule has 2 aromatic heterocycles. The van der Waals surface area contributed by atoms with Crippen molar-refractivity contribution < 1.29 is 14.3 Å². The van der Waals surface area contributed by atoms with E-state index in [0.29, 0.717) is 12.5 Å². The Kier molecular flexibility index (Phi) is 7.01. The molecule has 0 atom stereocenters. The number of rotatable bonds is 9. The van der Waals surface area contributed by atoms with E-state index in [1.54, 1.807) is 7.11 Å². The number of urea groups is 1. The number of hydrogen-bond donors (Lipinski definition) is 3. The highest BCUT2D eigenvalue weighted by Gasteiger charge is 2.20. The number of benzene rings is 1. The van der Waals surface area contributed by atoms with Crippen LogP contribution in [-0.2, 0) is 11.5 Å². The Morgan fingerprint density at radius 2 is 1.97 bits per heavy atom. The molecular weight excluding hydrogens is 434 g/mol. The van der Waals surface area contributed by atoms with Crippen LogP contribution in [-0.4, -0.2) is 56.5 Å². The number of carbonyl (C=O) groups is 1. The largest absolute Gasteiger partial charge is 0.496 e. The van der Waals surface area contributed by atoms with E-state index in [1.807, 2.05) is 47.2 Å². The van der Waals surface area contributed by atoms with Crippen LogP contribution in [0, 0.1) is 0 Å². The van der Waals surface area contributed by atoms with Crippen molar-refractivity contribution >= 4 is 31.0 Å². The first-order valence-corrected chi connectivity index (χ1v) is 15.0. The summed E-state index contributed by atoms with van der Waals surface area (Å²) in [6.07, 6.45) is 2.05. The Morgan fingerprint density at radius 3 is 2.67 bits per heavy atom. The molecule has 3 aromatic rings. The fourth-order valence-electron chi connectivity index (χ4n) is 3.68. The number of methoxy groups -OCH3 is 1. The Morgan fingerprint density at radius 1 is 1.18 bits per heavy atom. The lowest BCUT2D eigenvalue weighted by molar-refractivity contribution is 0.0899. The van der Waals surface area contributed by atoms with Crippen molar-refractivity contribution in [2.45, 2.75) is 38.5 Å². The van der Waals surface area contributed by atoms with Crippen LogP contribution in [0.15, 0.2) is 42.6 Å². The van der Waals surface area contributed by atoms with Crippen molar-refractivity contribution in [2.75, 3.05) is 32.1 Å². The number of amides is 2. The summed E-state index contributed by atoms with van der Waals surface area (Å²) in [5.74, 6) is 1.30. The number of para-hydroxylation sites is 1. The van der Waals surface area contributed by atoms with Crippen molar-refractivity contribution in [3.05, 3.63) is 42.6 Å². The molecule has 3 heterocycles. The fourth-order valence-corrected chi connectivity index (χ4v) is 4.44. The number of anilines is 1. The predicted octanol–water partition coefficient (Wildman–Crippen LogP) is 4.12. The van der Waals surface area contributed by atoms with Crippen LogP contribution in [0.1, 0.15) is 0 Å². The van der Waals surface area contributed by atoms with Gasteiger partial charge in [-0.2, -0.15) is 0 Å². The molecule has 3 N–H and O–H groups in total. The third kappa shape index (κ3) is 5.73. The van der Waals surface area contributed by atoms with E-state index in [0.717, 1.165) is 53.7 Å². The molecule has 33 heavy (non-hydrogen) atoms. The molecule has 0 saturated carbocycles. The van der Waals surface area contributed by atoms with Gasteiger partial charge in [-0.3, -0.25) is 5.32 Å². The molecule has 0 radical (unpaired) electrons. The zero-order valence-electron chi connectivity index (χ0n) is 19.8. The van der Waals surface area contributed by atoms with Crippen LogP contribution < -0.4 is 20.7 Å². The summed E-state index contributed by atoms with van der Waals surface area (Å²) in [6.45, 7) is 9.71. The lowest BCUT2D eigenvalue weighted by Crippen LogP contribution is -2.57. The van der Waals surface area contributed by atoms with E-state index in [9.17, 15) is 4.79 Å². The summed E-state index contributed by atoms with van der Waals surface area (Å²) in [5, 5.41) is 9.90. The number of fused-ring (bicyclic) bond motifs is 1. The molecule has 8 nitrogen and oxygen atoms in total. The van der Waals surface area contributed by atoms with Gasteiger partial charge >= 0.3 is 6.03 Å². The maximum atomic E-state index is 12.3. The number of ether oxygens (including phenoxy) is 2. The first-order valence-electron chi connectivity index (χ1n) is 11.3. The summed E-state index contributed by atoms with van der Waals surface area (Å²) in [5.41, 5.74) is 2.76. The van der Waals surface area contributed by atoms with Gasteiger partial charge in [0.25, 0.3) is 0 Å². The van der Waals surface area contributed by atoms with Gasteiger partial charge in [0.2, 0.25) is 0 Å². The number of carbonyl (C=O) groups excluding carboxylic acids is 1. The molecule has 1 aliphatic rings. The van der Waals surface area contributed by atoms with Crippen LogP contribution in [0.3, 0.4) is 0 Å². The Balaban J connectivity index is 1.62. The van der Waals surface area contributed by atoms with Crippen molar-refractivity contribution in [3.63, 3.8) is 0 Å². The molecular formula is C24H33N5O3Si. The molecule has 176 valence electrons. The molecule has 4 rings (SSSR count). The molecule has 0 bridgehead atoms. The molecule has 2 amide bonds. The highest BCUT2D eigenvalue weighted by atomic mass is 28.3. The predicted molar refractivity (Wildman–Crippen MR) is 135 cm³/mol. The SMILES string of the molecule is COc1ccccc1-c1cn(COCC[Si](C)(C)C)c2nc(NC(=O)NC3CNC3)ccc12. The molecule has 1 aromatic carbocycles. The second kappa shape index (κ2) is 9.94. The second-order valence-electron chi connectivity index (χ2n) is 9.58. The van der Waals surface area contributed by atoms with Gasteiger partial charge in [-0.1, -0.05) is 37.8 Å². The van der Waals surface area contributed by atoms with E-state index < -0.39 is 8.07 Å². The molecule has 1 aliphatic heterocycles. The Hall–Kier alpha value is -2.88. The quantitative estimate of drug-likeness (QED) is 0.325. The minimum Gasteiger partial charge on any atom is -0.496 e. The number of aromatic nitrogens is 2. The van der Waals surface area contributed by atoms with Gasteiger partial charge in [-0.25, -0.2) is 9.78 Å². The van der Waals surface area contributed by atoms with E-state index in [4.69, 9.17) is 14.5 Å². The minimum absolute atomic E-state index is 0.162. The highest BCUT2D eigenvalue weighted by Crippen LogP contribution is 2.36. The van der Waals surface area contributed by atoms with Crippen molar-refractivity contribution in [3.8, 4) is 16.9 Å². The summed E-state index contributed by atoms with van der Waals surface area (Å²) in [4.78, 5) is 17.1. The molecule has 0 spiro atoms. The van der Waals surface area contributed by atoms with Crippen molar-refractivity contribution in [1.29, 1.82) is 0 Å². The topological polar surface area (TPSA) is 89.4 Å². The zero-order chi connectivity index (χ0) is 23.4. The van der Waals surface area contributed by atoms with Crippen molar-refractivity contribution in [2.24, 2.45) is 0 Å². The van der Waals surface area contributed by atoms with Gasteiger partial charge in [0, 0.05) is 50.5 Å². The normalized spacial score (nSPS) is 14.2. The van der Waals surface area contributed by atoms with Crippen LogP contribution in [0.25, 0.3) is 22.2 Å². The smallest absolute Gasteiger partial charge is 0.320 e. The van der Waals surface area contributed by atoms with Gasteiger partial charge in [-0.15, -0.1) is 0 Å². The number of hydrogen-bond acceptors (Lipinski definition) is 5. The molecule has 0 unspecified atom stereocenters. The first-order chi connectivity index (χ1) is 15.8.